The zero-order chi connectivity index (χ0) is 8.10. The van der Waals surface area contributed by atoms with Crippen molar-refractivity contribution in [1.29, 1.82) is 0 Å². The van der Waals surface area contributed by atoms with E-state index in [1.807, 2.05) is 31.2 Å². The molecule has 2 heteroatoms. The molecule has 0 saturated carbocycles. The minimum Gasteiger partial charge on any atom is -0.385 e. The van der Waals surface area contributed by atoms with Crippen molar-refractivity contribution in [2.75, 3.05) is 11.9 Å². The van der Waals surface area contributed by atoms with E-state index in [2.05, 4.69) is 5.32 Å². The Balaban J connectivity index is 2.74. The van der Waals surface area contributed by atoms with Crippen molar-refractivity contribution in [3.8, 4) is 0 Å². The van der Waals surface area contributed by atoms with E-state index in [-0.39, 0.29) is 6.61 Å². The Morgan fingerprint density at radius 2 is 2.27 bits per heavy atom. The van der Waals surface area contributed by atoms with Gasteiger partial charge in [0.25, 0.3) is 0 Å². The molecule has 0 aromatic heterocycles. The molecule has 2 nitrogen and oxygen atoms in total. The molecule has 0 unspecified atom stereocenters. The van der Waals surface area contributed by atoms with Crippen LogP contribution in [0, 0.1) is 0 Å². The zero-order valence-corrected chi connectivity index (χ0v) is 6.63. The van der Waals surface area contributed by atoms with E-state index < -0.39 is 0 Å². The molecule has 0 aliphatic rings. The van der Waals surface area contributed by atoms with Gasteiger partial charge in [0.1, 0.15) is 6.61 Å². The van der Waals surface area contributed by atoms with Gasteiger partial charge in [-0.2, -0.15) is 0 Å². The second kappa shape index (κ2) is 3.98. The number of benzene rings is 1. The lowest BCUT2D eigenvalue weighted by Crippen LogP contribution is -1.96. The summed E-state index contributed by atoms with van der Waals surface area (Å²) >= 11 is 0. The van der Waals surface area contributed by atoms with Crippen molar-refractivity contribution in [1.82, 2.24) is 0 Å². The van der Waals surface area contributed by atoms with Gasteiger partial charge in [-0.3, -0.25) is 0 Å². The molecule has 1 N–H and O–H groups in total. The van der Waals surface area contributed by atoms with E-state index in [0.717, 1.165) is 17.8 Å². The van der Waals surface area contributed by atoms with Gasteiger partial charge >= 0.3 is 0 Å². The summed E-state index contributed by atoms with van der Waals surface area (Å²) in [5.41, 5.74) is 1.87. The quantitative estimate of drug-likeness (QED) is 0.702. The van der Waals surface area contributed by atoms with Gasteiger partial charge in [-0.05, 0) is 24.6 Å². The highest BCUT2D eigenvalue weighted by atomic mass is 16.3. The first kappa shape index (κ1) is 8.08. The molecule has 0 aliphatic heterocycles. The smallest absolute Gasteiger partial charge is 0.107 e. The summed E-state index contributed by atoms with van der Waals surface area (Å²) in [6, 6.07) is 7.58. The van der Waals surface area contributed by atoms with Gasteiger partial charge < -0.3 is 5.32 Å². The van der Waals surface area contributed by atoms with Crippen LogP contribution in [-0.2, 0) is 11.7 Å². The molecular formula is C9H12NO. The van der Waals surface area contributed by atoms with Gasteiger partial charge in [0.05, 0.1) is 0 Å². The standard InChI is InChI=1S/C9H12NO/c1-2-10-9-5-3-4-8(6-9)7-11/h3-6,10H,2,7H2,1H3. The summed E-state index contributed by atoms with van der Waals surface area (Å²) in [5, 5.41) is 13.6. The SMILES string of the molecule is CCNc1cccc(C[O])c1. The first-order valence-corrected chi connectivity index (χ1v) is 3.77. The zero-order valence-electron chi connectivity index (χ0n) is 6.63. The fourth-order valence-electron chi connectivity index (χ4n) is 0.975. The Morgan fingerprint density at radius 3 is 2.91 bits per heavy atom. The van der Waals surface area contributed by atoms with Gasteiger partial charge in [-0.25, -0.2) is 5.11 Å². The third-order valence-corrected chi connectivity index (χ3v) is 1.47. The Labute approximate surface area is 66.9 Å². The molecule has 1 aromatic rings. The maximum Gasteiger partial charge on any atom is 0.107 e. The lowest BCUT2D eigenvalue weighted by Gasteiger charge is -2.02. The molecule has 0 atom stereocenters. The van der Waals surface area contributed by atoms with Crippen LogP contribution in [0.15, 0.2) is 24.3 Å². The van der Waals surface area contributed by atoms with Crippen molar-refractivity contribution < 1.29 is 5.11 Å². The van der Waals surface area contributed by atoms with Crippen LogP contribution in [0.4, 0.5) is 5.69 Å². The van der Waals surface area contributed by atoms with Crippen molar-refractivity contribution >= 4 is 5.69 Å². The van der Waals surface area contributed by atoms with Crippen molar-refractivity contribution in [2.45, 2.75) is 13.5 Å². The van der Waals surface area contributed by atoms with E-state index >= 15 is 0 Å². The summed E-state index contributed by atoms with van der Waals surface area (Å²) in [7, 11) is 0. The predicted molar refractivity (Wildman–Crippen MR) is 45.0 cm³/mol. The number of anilines is 1. The highest BCUT2D eigenvalue weighted by Gasteiger charge is 1.92. The molecule has 1 rings (SSSR count). The average molecular weight is 150 g/mol. The van der Waals surface area contributed by atoms with E-state index in [0.29, 0.717) is 0 Å². The van der Waals surface area contributed by atoms with Crippen LogP contribution in [0.1, 0.15) is 12.5 Å². The third kappa shape index (κ3) is 2.24. The third-order valence-electron chi connectivity index (χ3n) is 1.47. The number of hydrogen-bond donors (Lipinski definition) is 1. The van der Waals surface area contributed by atoms with E-state index in [1.54, 1.807) is 0 Å². The molecule has 59 valence electrons. The van der Waals surface area contributed by atoms with Crippen LogP contribution in [0.25, 0.3) is 0 Å². The predicted octanol–water partition coefficient (Wildman–Crippen LogP) is 2.05. The molecule has 0 spiro atoms. The topological polar surface area (TPSA) is 31.9 Å². The Morgan fingerprint density at radius 1 is 1.45 bits per heavy atom. The summed E-state index contributed by atoms with van der Waals surface area (Å²) in [6.07, 6.45) is 0. The maximum atomic E-state index is 10.5. The van der Waals surface area contributed by atoms with Gasteiger partial charge in [-0.1, -0.05) is 12.1 Å². The van der Waals surface area contributed by atoms with Crippen molar-refractivity contribution in [3.63, 3.8) is 0 Å². The van der Waals surface area contributed by atoms with E-state index in [9.17, 15) is 5.11 Å². The molecular weight excluding hydrogens is 138 g/mol. The second-order valence-corrected chi connectivity index (χ2v) is 2.38. The van der Waals surface area contributed by atoms with Crippen molar-refractivity contribution in [3.05, 3.63) is 29.8 Å². The van der Waals surface area contributed by atoms with Crippen LogP contribution < -0.4 is 5.32 Å². The van der Waals surface area contributed by atoms with Gasteiger partial charge in [0.15, 0.2) is 0 Å². The second-order valence-electron chi connectivity index (χ2n) is 2.38. The summed E-state index contributed by atoms with van der Waals surface area (Å²) in [6.45, 7) is 2.78. The first-order valence-electron chi connectivity index (χ1n) is 3.77. The molecule has 11 heavy (non-hydrogen) atoms. The molecule has 0 aliphatic carbocycles. The minimum absolute atomic E-state index is 0.140. The van der Waals surface area contributed by atoms with Crippen LogP contribution >= 0.6 is 0 Å². The van der Waals surface area contributed by atoms with E-state index in [1.165, 1.54) is 0 Å². The lowest BCUT2D eigenvalue weighted by molar-refractivity contribution is 0.177. The molecule has 1 aromatic carbocycles. The fourth-order valence-corrected chi connectivity index (χ4v) is 0.975. The van der Waals surface area contributed by atoms with Gasteiger partial charge in [0.2, 0.25) is 0 Å². The van der Waals surface area contributed by atoms with Crippen LogP contribution in [0.2, 0.25) is 0 Å². The number of rotatable bonds is 3. The Bertz CT molecular complexity index is 223. The fraction of sp³-hybridized carbons (Fsp3) is 0.333. The van der Waals surface area contributed by atoms with Gasteiger partial charge in [-0.15, -0.1) is 0 Å². The lowest BCUT2D eigenvalue weighted by atomic mass is 10.2. The summed E-state index contributed by atoms with van der Waals surface area (Å²) in [4.78, 5) is 0. The molecule has 1 radical (unpaired) electrons. The molecule has 0 bridgehead atoms. The van der Waals surface area contributed by atoms with Crippen LogP contribution in [-0.4, -0.2) is 6.54 Å². The average Bonchev–Trinajstić information content (AvgIpc) is 2.06. The molecule has 0 saturated heterocycles. The Hall–Kier alpha value is -1.02. The number of nitrogens with one attached hydrogen (secondary N) is 1. The molecule has 0 heterocycles. The highest BCUT2D eigenvalue weighted by molar-refractivity contribution is 5.45. The van der Waals surface area contributed by atoms with Crippen LogP contribution in [0.3, 0.4) is 0 Å². The largest absolute Gasteiger partial charge is 0.385 e. The molecule has 0 fully saturated rings. The van der Waals surface area contributed by atoms with Crippen LogP contribution in [0.5, 0.6) is 0 Å². The minimum atomic E-state index is -0.140. The summed E-state index contributed by atoms with van der Waals surface area (Å²) in [5.74, 6) is 0. The first-order chi connectivity index (χ1) is 5.36. The maximum absolute atomic E-state index is 10.5. The summed E-state index contributed by atoms with van der Waals surface area (Å²) < 4.78 is 0. The van der Waals surface area contributed by atoms with E-state index in [4.69, 9.17) is 0 Å². The number of hydrogen-bond acceptors (Lipinski definition) is 1. The monoisotopic (exact) mass is 150 g/mol. The highest BCUT2D eigenvalue weighted by Crippen LogP contribution is 2.09. The normalized spacial score (nSPS) is 9.64. The van der Waals surface area contributed by atoms with Gasteiger partial charge in [0, 0.05) is 12.2 Å². The van der Waals surface area contributed by atoms with Crippen molar-refractivity contribution in [2.24, 2.45) is 0 Å². The molecule has 0 amide bonds. The Kier molecular flexibility index (Phi) is 2.93.